The second-order valence-corrected chi connectivity index (χ2v) is 4.94. The van der Waals surface area contributed by atoms with Crippen molar-refractivity contribution in [3.05, 3.63) is 35.5 Å². The molecule has 6 nitrogen and oxygen atoms in total. The van der Waals surface area contributed by atoms with E-state index in [1.54, 1.807) is 13.3 Å². The van der Waals surface area contributed by atoms with E-state index in [0.29, 0.717) is 18.4 Å². The molecule has 112 valence electrons. The van der Waals surface area contributed by atoms with Crippen molar-refractivity contribution in [2.75, 3.05) is 30.9 Å². The third kappa shape index (κ3) is 5.00. The van der Waals surface area contributed by atoms with Crippen LogP contribution in [0.4, 0.5) is 17.5 Å². The van der Waals surface area contributed by atoms with E-state index in [1.807, 2.05) is 0 Å². The molecule has 0 spiro atoms. The van der Waals surface area contributed by atoms with Crippen molar-refractivity contribution in [1.82, 2.24) is 15.2 Å². The van der Waals surface area contributed by atoms with Gasteiger partial charge in [0.15, 0.2) is 5.82 Å². The molecule has 0 amide bonds. The quantitative estimate of drug-likeness (QED) is 0.763. The van der Waals surface area contributed by atoms with Crippen LogP contribution in [-0.2, 0) is 4.74 Å². The summed E-state index contributed by atoms with van der Waals surface area (Å²) in [6.45, 7) is 5.60. The van der Waals surface area contributed by atoms with Gasteiger partial charge in [-0.3, -0.25) is 0 Å². The van der Waals surface area contributed by atoms with Crippen molar-refractivity contribution in [1.29, 1.82) is 0 Å². The molecule has 1 aromatic carbocycles. The summed E-state index contributed by atoms with van der Waals surface area (Å²) in [6.07, 6.45) is 2.51. The van der Waals surface area contributed by atoms with E-state index >= 15 is 0 Å². The highest BCUT2D eigenvalue weighted by molar-refractivity contribution is 5.58. The van der Waals surface area contributed by atoms with Gasteiger partial charge in [-0.1, -0.05) is 6.07 Å². The van der Waals surface area contributed by atoms with E-state index in [0.717, 1.165) is 18.7 Å². The Morgan fingerprint density at radius 3 is 2.62 bits per heavy atom. The minimum atomic E-state index is 0.514. The first-order valence-electron chi connectivity index (χ1n) is 6.95. The Bertz CT molecular complexity index is 568. The number of ether oxygens (including phenoxy) is 1. The van der Waals surface area contributed by atoms with Crippen molar-refractivity contribution >= 4 is 17.5 Å². The summed E-state index contributed by atoms with van der Waals surface area (Å²) in [5.74, 6) is 1.18. The van der Waals surface area contributed by atoms with Gasteiger partial charge in [0.05, 0.1) is 6.20 Å². The van der Waals surface area contributed by atoms with Crippen LogP contribution in [0.5, 0.6) is 0 Å². The lowest BCUT2D eigenvalue weighted by Gasteiger charge is -2.09. The minimum Gasteiger partial charge on any atom is -0.385 e. The molecule has 0 radical (unpaired) electrons. The van der Waals surface area contributed by atoms with Gasteiger partial charge in [0.25, 0.3) is 0 Å². The first-order valence-corrected chi connectivity index (χ1v) is 6.95. The number of anilines is 3. The number of aryl methyl sites for hydroxylation is 2. The van der Waals surface area contributed by atoms with Gasteiger partial charge in [0.2, 0.25) is 5.95 Å². The average molecular weight is 287 g/mol. The molecule has 0 bridgehead atoms. The molecule has 0 atom stereocenters. The molecule has 2 aromatic rings. The molecule has 0 aliphatic heterocycles. The number of aromatic nitrogens is 3. The van der Waals surface area contributed by atoms with Crippen LogP contribution >= 0.6 is 0 Å². The molecule has 2 N–H and O–H groups in total. The lowest BCUT2D eigenvalue weighted by Crippen LogP contribution is -2.09. The summed E-state index contributed by atoms with van der Waals surface area (Å²) in [5.41, 5.74) is 3.41. The Balaban J connectivity index is 2.00. The van der Waals surface area contributed by atoms with Crippen LogP contribution in [0.3, 0.4) is 0 Å². The van der Waals surface area contributed by atoms with Crippen LogP contribution in [0.15, 0.2) is 24.4 Å². The zero-order chi connectivity index (χ0) is 15.1. The molecular formula is C15H21N5O. The molecule has 0 fully saturated rings. The summed E-state index contributed by atoms with van der Waals surface area (Å²) in [7, 11) is 1.69. The Hall–Kier alpha value is -2.21. The zero-order valence-corrected chi connectivity index (χ0v) is 12.7. The topological polar surface area (TPSA) is 72.0 Å². The highest BCUT2D eigenvalue weighted by Gasteiger charge is 2.02. The van der Waals surface area contributed by atoms with Gasteiger partial charge < -0.3 is 15.4 Å². The van der Waals surface area contributed by atoms with Gasteiger partial charge in [0, 0.05) is 25.9 Å². The molecule has 21 heavy (non-hydrogen) atoms. The highest BCUT2D eigenvalue weighted by Crippen LogP contribution is 2.18. The van der Waals surface area contributed by atoms with Crippen LogP contribution in [0.25, 0.3) is 0 Å². The van der Waals surface area contributed by atoms with Crippen LogP contribution in [0, 0.1) is 13.8 Å². The highest BCUT2D eigenvalue weighted by atomic mass is 16.5. The predicted molar refractivity (Wildman–Crippen MR) is 84.0 cm³/mol. The van der Waals surface area contributed by atoms with E-state index in [2.05, 4.69) is 57.9 Å². The number of methoxy groups -OCH3 is 1. The van der Waals surface area contributed by atoms with Crippen molar-refractivity contribution in [2.24, 2.45) is 0 Å². The van der Waals surface area contributed by atoms with Crippen molar-refractivity contribution in [3.63, 3.8) is 0 Å². The van der Waals surface area contributed by atoms with Gasteiger partial charge in [0.1, 0.15) is 0 Å². The second kappa shape index (κ2) is 7.54. The number of rotatable bonds is 7. The molecule has 6 heteroatoms. The van der Waals surface area contributed by atoms with E-state index in [1.165, 1.54) is 11.1 Å². The fraction of sp³-hybridized carbons (Fsp3) is 0.400. The Morgan fingerprint density at radius 2 is 1.90 bits per heavy atom. The van der Waals surface area contributed by atoms with Crippen LogP contribution in [0.2, 0.25) is 0 Å². The Morgan fingerprint density at radius 1 is 1.14 bits per heavy atom. The summed E-state index contributed by atoms with van der Waals surface area (Å²) < 4.78 is 5.00. The summed E-state index contributed by atoms with van der Waals surface area (Å²) in [5, 5.41) is 14.3. The van der Waals surface area contributed by atoms with Crippen LogP contribution < -0.4 is 10.6 Å². The first kappa shape index (κ1) is 15.2. The fourth-order valence-corrected chi connectivity index (χ4v) is 2.05. The van der Waals surface area contributed by atoms with Gasteiger partial charge >= 0.3 is 0 Å². The molecule has 2 rings (SSSR count). The standard InChI is InChI=1S/C15H21N5O/c1-11-7-12(2)9-13(8-11)18-14-10-17-20-15(19-14)16-5-4-6-21-3/h7-10H,4-6H2,1-3H3,(H2,16,18,19,20). The SMILES string of the molecule is COCCCNc1nncc(Nc2cc(C)cc(C)c2)n1. The molecule has 0 saturated heterocycles. The zero-order valence-electron chi connectivity index (χ0n) is 12.7. The third-order valence-electron chi connectivity index (χ3n) is 2.86. The Kier molecular flexibility index (Phi) is 5.45. The molecule has 0 unspecified atom stereocenters. The lowest BCUT2D eigenvalue weighted by atomic mass is 10.1. The molecule has 0 saturated carbocycles. The normalized spacial score (nSPS) is 10.4. The van der Waals surface area contributed by atoms with Gasteiger partial charge in [-0.15, -0.1) is 5.10 Å². The van der Waals surface area contributed by atoms with Crippen LogP contribution in [-0.4, -0.2) is 35.4 Å². The van der Waals surface area contributed by atoms with Crippen molar-refractivity contribution in [2.45, 2.75) is 20.3 Å². The van der Waals surface area contributed by atoms with Gasteiger partial charge in [-0.05, 0) is 43.5 Å². The summed E-state index contributed by atoms with van der Waals surface area (Å²) >= 11 is 0. The predicted octanol–water partition coefficient (Wildman–Crippen LogP) is 2.68. The van der Waals surface area contributed by atoms with Crippen molar-refractivity contribution in [3.8, 4) is 0 Å². The molecular weight excluding hydrogens is 266 g/mol. The van der Waals surface area contributed by atoms with E-state index in [4.69, 9.17) is 4.74 Å². The minimum absolute atomic E-state index is 0.514. The monoisotopic (exact) mass is 287 g/mol. The molecule has 0 aliphatic rings. The third-order valence-corrected chi connectivity index (χ3v) is 2.86. The first-order chi connectivity index (χ1) is 10.2. The number of benzene rings is 1. The van der Waals surface area contributed by atoms with Crippen molar-refractivity contribution < 1.29 is 4.74 Å². The van der Waals surface area contributed by atoms with E-state index in [-0.39, 0.29) is 0 Å². The number of hydrogen-bond acceptors (Lipinski definition) is 6. The summed E-state index contributed by atoms with van der Waals surface area (Å²) in [6, 6.07) is 6.27. The number of nitrogens with one attached hydrogen (secondary N) is 2. The van der Waals surface area contributed by atoms with E-state index < -0.39 is 0 Å². The number of hydrogen-bond donors (Lipinski definition) is 2. The van der Waals surface area contributed by atoms with Gasteiger partial charge in [-0.25, -0.2) is 0 Å². The smallest absolute Gasteiger partial charge is 0.244 e. The lowest BCUT2D eigenvalue weighted by molar-refractivity contribution is 0.197. The molecule has 1 aromatic heterocycles. The largest absolute Gasteiger partial charge is 0.385 e. The Labute approximate surface area is 125 Å². The molecule has 0 aliphatic carbocycles. The fourth-order valence-electron chi connectivity index (χ4n) is 2.05. The van der Waals surface area contributed by atoms with Crippen LogP contribution in [0.1, 0.15) is 17.5 Å². The average Bonchev–Trinajstić information content (AvgIpc) is 2.43. The number of nitrogens with zero attached hydrogens (tertiary/aromatic N) is 3. The molecule has 1 heterocycles. The summed E-state index contributed by atoms with van der Waals surface area (Å²) in [4.78, 5) is 4.39. The maximum Gasteiger partial charge on any atom is 0.244 e. The maximum absolute atomic E-state index is 5.00. The van der Waals surface area contributed by atoms with E-state index in [9.17, 15) is 0 Å². The van der Waals surface area contributed by atoms with Gasteiger partial charge in [-0.2, -0.15) is 10.1 Å². The maximum atomic E-state index is 5.00. The second-order valence-electron chi connectivity index (χ2n) is 4.94.